The molecule has 1 aliphatic carbocycles. The molecular formula is C13H25NO2S. The number of rotatable bonds is 5. The van der Waals surface area contributed by atoms with Crippen LogP contribution >= 0.6 is 0 Å². The Morgan fingerprint density at radius 2 is 1.82 bits per heavy atom. The van der Waals surface area contributed by atoms with Crippen molar-refractivity contribution < 1.29 is 8.42 Å². The van der Waals surface area contributed by atoms with Gasteiger partial charge in [0.15, 0.2) is 9.84 Å². The van der Waals surface area contributed by atoms with Gasteiger partial charge in [-0.1, -0.05) is 25.7 Å². The molecule has 0 aromatic heterocycles. The SMILES string of the molecule is O=S1(=O)CCCC(NCCCC2CCCC2)C1. The van der Waals surface area contributed by atoms with Crippen molar-refractivity contribution >= 4 is 9.84 Å². The predicted molar refractivity (Wildman–Crippen MR) is 70.9 cm³/mol. The summed E-state index contributed by atoms with van der Waals surface area (Å²) in [6.45, 7) is 0.997. The summed E-state index contributed by atoms with van der Waals surface area (Å²) >= 11 is 0. The van der Waals surface area contributed by atoms with Gasteiger partial charge in [-0.25, -0.2) is 8.42 Å². The topological polar surface area (TPSA) is 46.2 Å². The van der Waals surface area contributed by atoms with Crippen LogP contribution < -0.4 is 5.32 Å². The Balaban J connectivity index is 1.58. The first kappa shape index (κ1) is 13.3. The predicted octanol–water partition coefficient (Wildman–Crippen LogP) is 2.12. The lowest BCUT2D eigenvalue weighted by Gasteiger charge is -2.23. The van der Waals surface area contributed by atoms with Crippen LogP contribution in [0.1, 0.15) is 51.4 Å². The minimum absolute atomic E-state index is 0.220. The van der Waals surface area contributed by atoms with Crippen LogP contribution in [0.2, 0.25) is 0 Å². The fourth-order valence-electron chi connectivity index (χ4n) is 3.18. The number of hydrogen-bond donors (Lipinski definition) is 1. The third-order valence-corrected chi connectivity index (χ3v) is 5.98. The van der Waals surface area contributed by atoms with Crippen molar-refractivity contribution in [1.82, 2.24) is 5.32 Å². The molecule has 0 bridgehead atoms. The van der Waals surface area contributed by atoms with Crippen molar-refractivity contribution in [3.63, 3.8) is 0 Å². The smallest absolute Gasteiger partial charge is 0.151 e. The van der Waals surface area contributed by atoms with Crippen molar-refractivity contribution in [3.05, 3.63) is 0 Å². The van der Waals surface area contributed by atoms with E-state index in [0.29, 0.717) is 11.5 Å². The molecule has 0 amide bonds. The highest BCUT2D eigenvalue weighted by Crippen LogP contribution is 2.28. The maximum atomic E-state index is 11.5. The Morgan fingerprint density at radius 3 is 2.53 bits per heavy atom. The third kappa shape index (κ3) is 4.59. The van der Waals surface area contributed by atoms with Gasteiger partial charge < -0.3 is 5.32 Å². The van der Waals surface area contributed by atoms with E-state index >= 15 is 0 Å². The summed E-state index contributed by atoms with van der Waals surface area (Å²) in [6.07, 6.45) is 10.1. The molecule has 3 nitrogen and oxygen atoms in total. The van der Waals surface area contributed by atoms with Crippen molar-refractivity contribution in [3.8, 4) is 0 Å². The molecule has 1 N–H and O–H groups in total. The highest BCUT2D eigenvalue weighted by Gasteiger charge is 2.24. The van der Waals surface area contributed by atoms with Gasteiger partial charge >= 0.3 is 0 Å². The Kier molecular flexibility index (Phi) is 4.86. The molecule has 17 heavy (non-hydrogen) atoms. The zero-order valence-electron chi connectivity index (χ0n) is 10.7. The van der Waals surface area contributed by atoms with Crippen LogP contribution in [-0.4, -0.2) is 32.5 Å². The number of sulfone groups is 1. The molecule has 1 unspecified atom stereocenters. The molecule has 1 saturated carbocycles. The van der Waals surface area contributed by atoms with Crippen LogP contribution in [-0.2, 0) is 9.84 Å². The fraction of sp³-hybridized carbons (Fsp3) is 1.00. The zero-order valence-corrected chi connectivity index (χ0v) is 11.5. The van der Waals surface area contributed by atoms with E-state index in [2.05, 4.69) is 5.32 Å². The van der Waals surface area contributed by atoms with E-state index in [9.17, 15) is 8.42 Å². The molecule has 0 radical (unpaired) electrons. The lowest BCUT2D eigenvalue weighted by Crippen LogP contribution is -2.40. The number of nitrogens with one attached hydrogen (secondary N) is 1. The minimum atomic E-state index is -2.75. The summed E-state index contributed by atoms with van der Waals surface area (Å²) in [5, 5.41) is 3.42. The zero-order chi connectivity index (χ0) is 12.1. The van der Waals surface area contributed by atoms with E-state index < -0.39 is 9.84 Å². The average molecular weight is 259 g/mol. The van der Waals surface area contributed by atoms with Crippen LogP contribution in [0.4, 0.5) is 0 Å². The second-order valence-electron chi connectivity index (χ2n) is 5.70. The second-order valence-corrected chi connectivity index (χ2v) is 7.93. The van der Waals surface area contributed by atoms with E-state index in [1.54, 1.807) is 0 Å². The fourth-order valence-corrected chi connectivity index (χ4v) is 4.85. The lowest BCUT2D eigenvalue weighted by atomic mass is 10.0. The quantitative estimate of drug-likeness (QED) is 0.769. The first-order chi connectivity index (χ1) is 8.16. The van der Waals surface area contributed by atoms with Crippen LogP contribution in [0.15, 0.2) is 0 Å². The van der Waals surface area contributed by atoms with Crippen molar-refractivity contribution in [2.24, 2.45) is 5.92 Å². The van der Waals surface area contributed by atoms with E-state index in [0.717, 1.165) is 25.3 Å². The maximum Gasteiger partial charge on any atom is 0.151 e. The van der Waals surface area contributed by atoms with Gasteiger partial charge in [0.25, 0.3) is 0 Å². The van der Waals surface area contributed by atoms with Gasteiger partial charge in [0, 0.05) is 6.04 Å². The summed E-state index contributed by atoms with van der Waals surface area (Å²) in [7, 11) is -2.75. The van der Waals surface area contributed by atoms with Crippen molar-refractivity contribution in [2.45, 2.75) is 57.4 Å². The summed E-state index contributed by atoms with van der Waals surface area (Å²) in [5.41, 5.74) is 0. The van der Waals surface area contributed by atoms with Crippen molar-refractivity contribution in [1.29, 1.82) is 0 Å². The Labute approximate surface area is 105 Å². The molecule has 0 aromatic carbocycles. The molecule has 0 aromatic rings. The molecular weight excluding hydrogens is 234 g/mol. The van der Waals surface area contributed by atoms with Gasteiger partial charge in [0.2, 0.25) is 0 Å². The van der Waals surface area contributed by atoms with Gasteiger partial charge in [0.1, 0.15) is 0 Å². The van der Waals surface area contributed by atoms with Gasteiger partial charge in [-0.05, 0) is 38.1 Å². The Bertz CT molecular complexity index is 320. The highest BCUT2D eigenvalue weighted by molar-refractivity contribution is 7.91. The largest absolute Gasteiger partial charge is 0.313 e. The molecule has 2 fully saturated rings. The van der Waals surface area contributed by atoms with Crippen LogP contribution in [0.25, 0.3) is 0 Å². The molecule has 2 rings (SSSR count). The highest BCUT2D eigenvalue weighted by atomic mass is 32.2. The van der Waals surface area contributed by atoms with E-state index in [1.165, 1.54) is 38.5 Å². The van der Waals surface area contributed by atoms with Crippen LogP contribution in [0.3, 0.4) is 0 Å². The molecule has 2 aliphatic rings. The Morgan fingerprint density at radius 1 is 1.06 bits per heavy atom. The van der Waals surface area contributed by atoms with E-state index in [-0.39, 0.29) is 6.04 Å². The standard InChI is InChI=1S/C13H25NO2S/c15-17(16)10-4-8-13(11-17)14-9-3-7-12-5-1-2-6-12/h12-14H,1-11H2. The summed E-state index contributed by atoms with van der Waals surface area (Å²) in [4.78, 5) is 0. The van der Waals surface area contributed by atoms with E-state index in [4.69, 9.17) is 0 Å². The summed E-state index contributed by atoms with van der Waals surface area (Å²) in [6, 6.07) is 0.220. The van der Waals surface area contributed by atoms with Crippen LogP contribution in [0, 0.1) is 5.92 Å². The summed E-state index contributed by atoms with van der Waals surface area (Å²) < 4.78 is 22.9. The first-order valence-electron chi connectivity index (χ1n) is 7.09. The molecule has 1 aliphatic heterocycles. The maximum absolute atomic E-state index is 11.5. The molecule has 100 valence electrons. The molecule has 4 heteroatoms. The van der Waals surface area contributed by atoms with Crippen LogP contribution in [0.5, 0.6) is 0 Å². The molecule has 1 saturated heterocycles. The Hall–Kier alpha value is -0.0900. The third-order valence-electron chi connectivity index (χ3n) is 4.16. The van der Waals surface area contributed by atoms with E-state index in [1.807, 2.05) is 0 Å². The number of hydrogen-bond acceptors (Lipinski definition) is 3. The first-order valence-corrected chi connectivity index (χ1v) is 8.92. The monoisotopic (exact) mass is 259 g/mol. The molecule has 0 spiro atoms. The lowest BCUT2D eigenvalue weighted by molar-refractivity contribution is 0.436. The second kappa shape index (κ2) is 6.19. The van der Waals surface area contributed by atoms with Gasteiger partial charge in [0.05, 0.1) is 11.5 Å². The summed E-state index contributed by atoms with van der Waals surface area (Å²) in [5.74, 6) is 1.70. The normalized spacial score (nSPS) is 29.5. The minimum Gasteiger partial charge on any atom is -0.313 e. The average Bonchev–Trinajstić information content (AvgIpc) is 2.76. The van der Waals surface area contributed by atoms with Gasteiger partial charge in [-0.15, -0.1) is 0 Å². The van der Waals surface area contributed by atoms with Crippen molar-refractivity contribution in [2.75, 3.05) is 18.1 Å². The molecule has 1 heterocycles. The van der Waals surface area contributed by atoms with Gasteiger partial charge in [-0.3, -0.25) is 0 Å². The van der Waals surface area contributed by atoms with Gasteiger partial charge in [-0.2, -0.15) is 0 Å². The molecule has 1 atom stereocenters.